The minimum atomic E-state index is -1.19. The van der Waals surface area contributed by atoms with Gasteiger partial charge in [0.2, 0.25) is 0 Å². The van der Waals surface area contributed by atoms with Crippen molar-refractivity contribution in [3.05, 3.63) is 71.3 Å². The van der Waals surface area contributed by atoms with Crippen molar-refractivity contribution in [3.63, 3.8) is 0 Å². The lowest BCUT2D eigenvalue weighted by Gasteiger charge is -2.41. The summed E-state index contributed by atoms with van der Waals surface area (Å²) in [6, 6.07) is 10.8. The van der Waals surface area contributed by atoms with Gasteiger partial charge in [0.1, 0.15) is 17.2 Å². The molecule has 3 heterocycles. The monoisotopic (exact) mass is 483 g/mol. The fourth-order valence-corrected chi connectivity index (χ4v) is 5.51. The highest BCUT2D eigenvalue weighted by molar-refractivity contribution is 6.08. The Labute approximate surface area is 202 Å². The lowest BCUT2D eigenvalue weighted by Crippen LogP contribution is -2.58. The number of benzene rings is 2. The largest absolute Gasteiger partial charge is 0.379 e. The first-order valence-corrected chi connectivity index (χ1v) is 11.9. The van der Waals surface area contributed by atoms with Gasteiger partial charge in [-0.3, -0.25) is 14.5 Å². The van der Waals surface area contributed by atoms with Crippen LogP contribution in [-0.2, 0) is 16.0 Å². The molecule has 2 aromatic carbocycles. The van der Waals surface area contributed by atoms with Crippen LogP contribution in [0.15, 0.2) is 48.5 Å². The number of halogens is 2. The summed E-state index contributed by atoms with van der Waals surface area (Å²) in [5, 5.41) is 3.00. The zero-order valence-electron chi connectivity index (χ0n) is 19.2. The van der Waals surface area contributed by atoms with Gasteiger partial charge in [-0.15, -0.1) is 0 Å². The van der Waals surface area contributed by atoms with Crippen LogP contribution in [0.25, 0.3) is 0 Å². The molecule has 3 aliphatic heterocycles. The van der Waals surface area contributed by atoms with Crippen LogP contribution in [0.2, 0.25) is 0 Å². The number of hydrogen-bond acceptors (Lipinski definition) is 4. The van der Waals surface area contributed by atoms with Crippen molar-refractivity contribution in [1.29, 1.82) is 0 Å². The molecule has 1 N–H and O–H groups in total. The maximum absolute atomic E-state index is 13.9. The van der Waals surface area contributed by atoms with Gasteiger partial charge >= 0.3 is 6.03 Å². The number of imide groups is 1. The van der Waals surface area contributed by atoms with Crippen LogP contribution < -0.4 is 5.32 Å². The van der Waals surface area contributed by atoms with Gasteiger partial charge in [-0.25, -0.2) is 13.6 Å². The second-order valence-corrected chi connectivity index (χ2v) is 9.47. The van der Waals surface area contributed by atoms with E-state index in [-0.39, 0.29) is 41.6 Å². The van der Waals surface area contributed by atoms with Gasteiger partial charge in [0.25, 0.3) is 11.8 Å². The van der Waals surface area contributed by atoms with Crippen molar-refractivity contribution >= 4 is 17.8 Å². The Morgan fingerprint density at radius 1 is 1.03 bits per heavy atom. The average Bonchev–Trinajstić information content (AvgIpc) is 3.47. The topological polar surface area (TPSA) is 79.0 Å². The molecule has 5 rings (SSSR count). The van der Waals surface area contributed by atoms with Gasteiger partial charge in [-0.1, -0.05) is 18.2 Å². The quantitative estimate of drug-likeness (QED) is 0.663. The normalized spacial score (nSPS) is 25.3. The highest BCUT2D eigenvalue weighted by Crippen LogP contribution is 2.38. The van der Waals surface area contributed by atoms with E-state index >= 15 is 0 Å². The molecule has 0 saturated carbocycles. The van der Waals surface area contributed by atoms with Crippen molar-refractivity contribution in [2.24, 2.45) is 5.92 Å². The number of piperidine rings is 1. The Kier molecular flexibility index (Phi) is 6.27. The first-order chi connectivity index (χ1) is 16.9. The van der Waals surface area contributed by atoms with Crippen molar-refractivity contribution in [2.45, 2.75) is 37.3 Å². The number of carbonyl (C=O) groups is 3. The maximum Gasteiger partial charge on any atom is 0.325 e. The molecule has 2 aromatic rings. The van der Waals surface area contributed by atoms with Crippen LogP contribution in [0.3, 0.4) is 0 Å². The SMILES string of the molecule is O=C(c1cccc(F)c1)N1CCC(C2(Cc3ccc(F)cc3)NC(=O)N(C3CCOC3)C2=O)CC1. The number of hydrogen-bond donors (Lipinski definition) is 1. The molecule has 2 atom stereocenters. The third kappa shape index (κ3) is 4.40. The average molecular weight is 484 g/mol. The Morgan fingerprint density at radius 2 is 1.77 bits per heavy atom. The summed E-state index contributed by atoms with van der Waals surface area (Å²) < 4.78 is 32.5. The van der Waals surface area contributed by atoms with Crippen molar-refractivity contribution < 1.29 is 27.9 Å². The van der Waals surface area contributed by atoms with Crippen LogP contribution in [0.5, 0.6) is 0 Å². The van der Waals surface area contributed by atoms with E-state index in [0.717, 1.165) is 5.56 Å². The number of carbonyl (C=O) groups excluding carboxylic acids is 3. The second kappa shape index (κ2) is 9.37. The number of likely N-dealkylation sites (tertiary alicyclic amines) is 1. The summed E-state index contributed by atoms with van der Waals surface area (Å²) in [5.74, 6) is -1.63. The molecule has 0 aromatic heterocycles. The molecule has 0 radical (unpaired) electrons. The molecule has 0 bridgehead atoms. The van der Waals surface area contributed by atoms with E-state index in [4.69, 9.17) is 4.74 Å². The summed E-state index contributed by atoms with van der Waals surface area (Å²) in [6.07, 6.45) is 1.80. The standard InChI is InChI=1S/C26H27F2N3O4/c27-20-6-4-17(5-7-20)15-26(24(33)31(25(34)29-26)22-10-13-35-16-22)19-8-11-30(12-9-19)23(32)18-2-1-3-21(28)14-18/h1-7,14,19,22H,8-13,15-16H2,(H,29,34). The molecule has 3 fully saturated rings. The Morgan fingerprint density at radius 3 is 2.43 bits per heavy atom. The molecule has 3 aliphatic rings. The summed E-state index contributed by atoms with van der Waals surface area (Å²) in [6.45, 7) is 1.56. The van der Waals surface area contributed by atoms with Gasteiger partial charge in [0.05, 0.1) is 12.6 Å². The zero-order valence-corrected chi connectivity index (χ0v) is 19.2. The minimum absolute atomic E-state index is 0.227. The number of nitrogens with one attached hydrogen (secondary N) is 1. The molecule has 0 aliphatic carbocycles. The number of amides is 4. The maximum atomic E-state index is 13.9. The molecule has 35 heavy (non-hydrogen) atoms. The van der Waals surface area contributed by atoms with Crippen LogP contribution >= 0.6 is 0 Å². The first kappa shape index (κ1) is 23.4. The van der Waals surface area contributed by atoms with Gasteiger partial charge in [0.15, 0.2) is 0 Å². The predicted octanol–water partition coefficient (Wildman–Crippen LogP) is 3.14. The Hall–Kier alpha value is -3.33. The number of nitrogens with zero attached hydrogens (tertiary/aromatic N) is 2. The van der Waals surface area contributed by atoms with Crippen LogP contribution in [0.1, 0.15) is 35.2 Å². The minimum Gasteiger partial charge on any atom is -0.379 e. The van der Waals surface area contributed by atoms with Crippen LogP contribution in [0, 0.1) is 17.6 Å². The number of urea groups is 1. The molecule has 0 spiro atoms. The van der Waals surface area contributed by atoms with E-state index in [1.54, 1.807) is 23.1 Å². The van der Waals surface area contributed by atoms with Gasteiger partial charge in [0, 0.05) is 31.7 Å². The fraction of sp³-hybridized carbons (Fsp3) is 0.423. The molecule has 9 heteroatoms. The molecule has 184 valence electrons. The molecular formula is C26H27F2N3O4. The van der Waals surface area contributed by atoms with Crippen molar-refractivity contribution in [2.75, 3.05) is 26.3 Å². The van der Waals surface area contributed by atoms with Crippen LogP contribution in [0.4, 0.5) is 13.6 Å². The Bertz CT molecular complexity index is 1130. The van der Waals surface area contributed by atoms with Gasteiger partial charge in [-0.2, -0.15) is 0 Å². The molecule has 4 amide bonds. The zero-order chi connectivity index (χ0) is 24.6. The lowest BCUT2D eigenvalue weighted by atomic mass is 9.73. The third-order valence-electron chi connectivity index (χ3n) is 7.37. The lowest BCUT2D eigenvalue weighted by molar-refractivity contribution is -0.135. The molecule has 3 saturated heterocycles. The smallest absolute Gasteiger partial charge is 0.325 e. The van der Waals surface area contributed by atoms with Crippen molar-refractivity contribution in [3.8, 4) is 0 Å². The highest BCUT2D eigenvalue weighted by atomic mass is 19.1. The van der Waals surface area contributed by atoms with Crippen LogP contribution in [-0.4, -0.2) is 65.5 Å². The fourth-order valence-electron chi connectivity index (χ4n) is 5.51. The summed E-state index contributed by atoms with van der Waals surface area (Å²) in [4.78, 5) is 42.7. The van der Waals surface area contributed by atoms with E-state index in [9.17, 15) is 23.2 Å². The van der Waals surface area contributed by atoms with E-state index in [0.29, 0.717) is 45.6 Å². The first-order valence-electron chi connectivity index (χ1n) is 11.9. The van der Waals surface area contributed by atoms with Gasteiger partial charge in [-0.05, 0) is 61.1 Å². The van der Waals surface area contributed by atoms with E-state index in [1.807, 2.05) is 0 Å². The second-order valence-electron chi connectivity index (χ2n) is 9.47. The summed E-state index contributed by atoms with van der Waals surface area (Å²) >= 11 is 0. The molecule has 7 nitrogen and oxygen atoms in total. The number of rotatable bonds is 5. The third-order valence-corrected chi connectivity index (χ3v) is 7.37. The Balaban J connectivity index is 1.39. The van der Waals surface area contributed by atoms with E-state index in [2.05, 4.69) is 5.32 Å². The van der Waals surface area contributed by atoms with Crippen molar-refractivity contribution in [1.82, 2.24) is 15.1 Å². The highest BCUT2D eigenvalue weighted by Gasteiger charge is 2.57. The molecule has 2 unspecified atom stereocenters. The molecular weight excluding hydrogens is 456 g/mol. The summed E-state index contributed by atoms with van der Waals surface area (Å²) in [7, 11) is 0. The number of ether oxygens (including phenoxy) is 1. The summed E-state index contributed by atoms with van der Waals surface area (Å²) in [5.41, 5.74) is -0.171. The van der Waals surface area contributed by atoms with E-state index < -0.39 is 17.4 Å². The van der Waals surface area contributed by atoms with E-state index in [1.165, 1.54) is 35.2 Å². The van der Waals surface area contributed by atoms with Gasteiger partial charge < -0.3 is 15.0 Å². The predicted molar refractivity (Wildman–Crippen MR) is 122 cm³/mol.